The molecule has 3 aliphatic heterocycles. The minimum absolute atomic E-state index is 0.0190. The number of carbonyl (C=O) groups is 3. The summed E-state index contributed by atoms with van der Waals surface area (Å²) in [6.07, 6.45) is 3.26. The lowest BCUT2D eigenvalue weighted by molar-refractivity contribution is -0.164. The lowest BCUT2D eigenvalue weighted by atomic mass is 9.71. The van der Waals surface area contributed by atoms with E-state index in [2.05, 4.69) is 15.4 Å². The number of carbonyl (C=O) groups excluding carboxylic acids is 3. The molecule has 4 atom stereocenters. The minimum atomic E-state index is -0.423. The third kappa shape index (κ3) is 3.95. The Morgan fingerprint density at radius 3 is 2.80 bits per heavy atom. The van der Waals surface area contributed by atoms with Gasteiger partial charge in [-0.15, -0.1) is 0 Å². The maximum atomic E-state index is 13.2. The van der Waals surface area contributed by atoms with Crippen molar-refractivity contribution in [3.8, 4) is 0 Å². The number of rotatable bonds is 5. The zero-order valence-corrected chi connectivity index (χ0v) is 18.0. The molecule has 1 N–H and O–H groups in total. The number of hydrogen-bond donors (Lipinski definition) is 1. The van der Waals surface area contributed by atoms with E-state index in [1.54, 1.807) is 24.9 Å². The molecule has 2 bridgehead atoms. The number of hydrogen-bond acceptors (Lipinski definition) is 6. The van der Waals surface area contributed by atoms with E-state index < -0.39 is 6.04 Å². The van der Waals surface area contributed by atoms with E-state index in [0.717, 1.165) is 25.8 Å². The van der Waals surface area contributed by atoms with E-state index in [9.17, 15) is 14.4 Å². The van der Waals surface area contributed by atoms with Crippen molar-refractivity contribution in [3.63, 3.8) is 0 Å². The molecule has 164 valence electrons. The lowest BCUT2D eigenvalue weighted by Crippen LogP contribution is -2.68. The molecule has 3 saturated heterocycles. The predicted molar refractivity (Wildman–Crippen MR) is 109 cm³/mol. The average molecular weight is 418 g/mol. The van der Waals surface area contributed by atoms with Gasteiger partial charge in [0.15, 0.2) is 5.82 Å². The monoisotopic (exact) mass is 417 g/mol. The fourth-order valence-corrected chi connectivity index (χ4v) is 5.39. The maximum Gasteiger partial charge on any atom is 0.245 e. The van der Waals surface area contributed by atoms with Crippen molar-refractivity contribution in [3.05, 3.63) is 11.8 Å². The maximum absolute atomic E-state index is 13.2. The molecule has 0 aromatic carbocycles. The number of anilines is 1. The van der Waals surface area contributed by atoms with Gasteiger partial charge in [0.2, 0.25) is 17.7 Å². The van der Waals surface area contributed by atoms with Crippen LogP contribution in [0.25, 0.3) is 0 Å². The molecule has 1 aromatic heterocycles. The second-order valence-corrected chi connectivity index (χ2v) is 8.88. The Labute approximate surface area is 176 Å². The summed E-state index contributed by atoms with van der Waals surface area (Å²) in [5, 5.41) is 6.59. The summed E-state index contributed by atoms with van der Waals surface area (Å²) in [7, 11) is 1.80. The molecule has 3 amide bonds. The smallest absolute Gasteiger partial charge is 0.245 e. The molecule has 4 rings (SSSR count). The summed E-state index contributed by atoms with van der Waals surface area (Å²) >= 11 is 0. The molecule has 3 fully saturated rings. The van der Waals surface area contributed by atoms with Crippen LogP contribution in [0, 0.1) is 18.8 Å². The summed E-state index contributed by atoms with van der Waals surface area (Å²) in [6.45, 7) is 5.97. The number of fused-ring (bicyclic) bond motifs is 4. The van der Waals surface area contributed by atoms with Crippen LogP contribution >= 0.6 is 0 Å². The van der Waals surface area contributed by atoms with Crippen LogP contribution in [-0.2, 0) is 14.4 Å². The van der Waals surface area contributed by atoms with Crippen LogP contribution < -0.4 is 5.32 Å². The van der Waals surface area contributed by atoms with Gasteiger partial charge < -0.3 is 19.6 Å². The summed E-state index contributed by atoms with van der Waals surface area (Å²) in [4.78, 5) is 44.3. The standard InChI is InChI=1S/C21H31N5O4/c1-4-24(3)21(29)20-15-9-14(16-6-5-7-19(28)26(16)20)10-25(11-15)12-18(27)22-17-8-13(2)30-23-17/h8,14-16,20H,4-7,9-12H2,1-3H3,(H,22,23,27)/t14-,15+,16+,20-/m1/s1. The third-order valence-electron chi connectivity index (χ3n) is 6.78. The second kappa shape index (κ2) is 8.37. The molecule has 0 saturated carbocycles. The molecule has 0 spiro atoms. The highest BCUT2D eigenvalue weighted by atomic mass is 16.5. The second-order valence-electron chi connectivity index (χ2n) is 8.88. The number of piperidine rings is 3. The van der Waals surface area contributed by atoms with Gasteiger partial charge in [-0.2, -0.15) is 0 Å². The van der Waals surface area contributed by atoms with Crippen LogP contribution in [0.15, 0.2) is 10.6 Å². The summed E-state index contributed by atoms with van der Waals surface area (Å²) in [5.74, 6) is 1.38. The van der Waals surface area contributed by atoms with Crippen molar-refractivity contribution in [1.82, 2.24) is 19.9 Å². The molecule has 3 aliphatic rings. The molecular weight excluding hydrogens is 386 g/mol. The average Bonchev–Trinajstić information content (AvgIpc) is 3.12. The Bertz CT molecular complexity index is 824. The Hall–Kier alpha value is -2.42. The van der Waals surface area contributed by atoms with Crippen molar-refractivity contribution in [2.75, 3.05) is 38.5 Å². The topological polar surface area (TPSA) is 99.0 Å². The first-order valence-corrected chi connectivity index (χ1v) is 10.9. The highest BCUT2D eigenvalue weighted by Crippen LogP contribution is 2.42. The van der Waals surface area contributed by atoms with Gasteiger partial charge in [-0.3, -0.25) is 19.3 Å². The Morgan fingerprint density at radius 1 is 1.33 bits per heavy atom. The zero-order valence-electron chi connectivity index (χ0n) is 18.0. The quantitative estimate of drug-likeness (QED) is 0.770. The zero-order chi connectivity index (χ0) is 21.4. The van der Waals surface area contributed by atoms with E-state index >= 15 is 0 Å². The molecule has 0 aliphatic carbocycles. The minimum Gasteiger partial charge on any atom is -0.360 e. The highest BCUT2D eigenvalue weighted by molar-refractivity contribution is 5.91. The van der Waals surface area contributed by atoms with Gasteiger partial charge in [0.05, 0.1) is 6.54 Å². The SMILES string of the molecule is CCN(C)C(=O)[C@H]1[C@H]2C[C@H](CN(CC(=O)Nc3cc(C)on3)C2)[C@@H]2CCCC(=O)N21. The van der Waals surface area contributed by atoms with E-state index in [1.807, 2.05) is 11.8 Å². The molecule has 0 unspecified atom stereocenters. The van der Waals surface area contributed by atoms with Crippen molar-refractivity contribution in [2.45, 2.75) is 51.6 Å². The van der Waals surface area contributed by atoms with Crippen molar-refractivity contribution >= 4 is 23.5 Å². The van der Waals surface area contributed by atoms with Gasteiger partial charge >= 0.3 is 0 Å². The van der Waals surface area contributed by atoms with E-state index in [4.69, 9.17) is 4.52 Å². The number of aryl methyl sites for hydroxylation is 1. The number of nitrogens with one attached hydrogen (secondary N) is 1. The first-order chi connectivity index (χ1) is 14.4. The van der Waals surface area contributed by atoms with Crippen LogP contribution in [0.4, 0.5) is 5.82 Å². The number of likely N-dealkylation sites (N-methyl/N-ethyl adjacent to an activating group) is 1. The van der Waals surface area contributed by atoms with Gasteiger partial charge in [0.25, 0.3) is 0 Å². The lowest BCUT2D eigenvalue weighted by Gasteiger charge is -2.56. The van der Waals surface area contributed by atoms with E-state index in [-0.39, 0.29) is 36.2 Å². The fraction of sp³-hybridized carbons (Fsp3) is 0.714. The summed E-state index contributed by atoms with van der Waals surface area (Å²) in [6, 6.07) is 1.35. The fourth-order valence-electron chi connectivity index (χ4n) is 5.39. The first kappa shape index (κ1) is 20.8. The van der Waals surface area contributed by atoms with Crippen molar-refractivity contribution < 1.29 is 18.9 Å². The highest BCUT2D eigenvalue weighted by Gasteiger charge is 2.52. The molecule has 30 heavy (non-hydrogen) atoms. The van der Waals surface area contributed by atoms with Gasteiger partial charge in [0, 0.05) is 51.1 Å². The largest absolute Gasteiger partial charge is 0.360 e. The predicted octanol–water partition coefficient (Wildman–Crippen LogP) is 1.10. The molecule has 4 heterocycles. The van der Waals surface area contributed by atoms with Crippen LogP contribution in [-0.4, -0.2) is 82.9 Å². The van der Waals surface area contributed by atoms with Gasteiger partial charge in [-0.25, -0.2) is 0 Å². The molecular formula is C21H31N5O4. The Balaban J connectivity index is 1.50. The van der Waals surface area contributed by atoms with Crippen molar-refractivity contribution in [1.29, 1.82) is 0 Å². The van der Waals surface area contributed by atoms with Crippen LogP contribution in [0.1, 0.15) is 38.4 Å². The Kier molecular flexibility index (Phi) is 5.81. The van der Waals surface area contributed by atoms with Crippen LogP contribution in [0.5, 0.6) is 0 Å². The van der Waals surface area contributed by atoms with Crippen LogP contribution in [0.3, 0.4) is 0 Å². The normalized spacial score (nSPS) is 28.8. The molecule has 9 nitrogen and oxygen atoms in total. The number of amides is 3. The third-order valence-corrected chi connectivity index (χ3v) is 6.78. The van der Waals surface area contributed by atoms with Gasteiger partial charge in [-0.1, -0.05) is 5.16 Å². The summed E-state index contributed by atoms with van der Waals surface area (Å²) in [5.41, 5.74) is 0. The van der Waals surface area contributed by atoms with E-state index in [0.29, 0.717) is 37.0 Å². The van der Waals surface area contributed by atoms with Crippen molar-refractivity contribution in [2.24, 2.45) is 11.8 Å². The molecule has 1 aromatic rings. The van der Waals surface area contributed by atoms with Crippen LogP contribution in [0.2, 0.25) is 0 Å². The molecule has 9 heteroatoms. The number of aromatic nitrogens is 1. The number of likely N-dealkylation sites (tertiary alicyclic amines) is 1. The van der Waals surface area contributed by atoms with Gasteiger partial charge in [0.1, 0.15) is 11.8 Å². The van der Waals surface area contributed by atoms with E-state index in [1.165, 1.54) is 0 Å². The van der Waals surface area contributed by atoms with Gasteiger partial charge in [-0.05, 0) is 39.0 Å². The first-order valence-electron chi connectivity index (χ1n) is 10.9. The number of nitrogens with zero attached hydrogens (tertiary/aromatic N) is 4. The molecule has 0 radical (unpaired) electrons. The summed E-state index contributed by atoms with van der Waals surface area (Å²) < 4.78 is 5.00. The Morgan fingerprint density at radius 2 is 2.10 bits per heavy atom.